The van der Waals surface area contributed by atoms with Gasteiger partial charge in [-0.15, -0.1) is 0 Å². The Morgan fingerprint density at radius 1 is 1.64 bits per heavy atom. The van der Waals surface area contributed by atoms with Crippen LogP contribution in [0.2, 0.25) is 0 Å². The fourth-order valence-corrected chi connectivity index (χ4v) is 1.03. The van der Waals surface area contributed by atoms with Gasteiger partial charge in [-0.2, -0.15) is 0 Å². The number of nitrogens with one attached hydrogen (secondary N) is 1. The molecule has 1 aromatic rings. The van der Waals surface area contributed by atoms with Crippen LogP contribution >= 0.6 is 0 Å². The molecule has 0 bridgehead atoms. The van der Waals surface area contributed by atoms with E-state index in [4.69, 9.17) is 9.90 Å². The van der Waals surface area contributed by atoms with Gasteiger partial charge in [-0.25, -0.2) is 9.55 Å². The molecule has 0 saturated heterocycles. The third-order valence-corrected chi connectivity index (χ3v) is 1.58. The first-order valence-electron chi connectivity index (χ1n) is 4.63. The molecule has 0 aliphatic heterocycles. The lowest BCUT2D eigenvalue weighted by Crippen LogP contribution is -2.31. The van der Waals surface area contributed by atoms with E-state index in [2.05, 4.69) is 30.4 Å². The highest BCUT2D eigenvalue weighted by atomic mass is 16.4. The van der Waals surface area contributed by atoms with Crippen molar-refractivity contribution in [2.75, 3.05) is 0 Å². The van der Waals surface area contributed by atoms with E-state index in [1.54, 1.807) is 0 Å². The van der Waals surface area contributed by atoms with E-state index in [1.165, 1.54) is 5.82 Å². The van der Waals surface area contributed by atoms with Crippen LogP contribution < -0.4 is 9.67 Å². The molecule has 4 heteroatoms. The van der Waals surface area contributed by atoms with Gasteiger partial charge in [0.15, 0.2) is 0 Å². The van der Waals surface area contributed by atoms with Crippen LogP contribution in [0.3, 0.4) is 0 Å². The molecule has 0 aliphatic rings. The van der Waals surface area contributed by atoms with Crippen molar-refractivity contribution in [3.63, 3.8) is 0 Å². The quantitative estimate of drug-likeness (QED) is 0.669. The minimum Gasteiger partial charge on any atom is -0.550 e. The van der Waals surface area contributed by atoms with E-state index in [-0.39, 0.29) is 0 Å². The van der Waals surface area contributed by atoms with Gasteiger partial charge in [0.05, 0.1) is 13.5 Å². The minimum atomic E-state index is -1.08. The number of carbonyl (C=O) groups is 1. The second-order valence-corrected chi connectivity index (χ2v) is 3.61. The summed E-state index contributed by atoms with van der Waals surface area (Å²) in [5, 5.41) is 8.89. The summed E-state index contributed by atoms with van der Waals surface area (Å²) in [7, 11) is 2.06. The lowest BCUT2D eigenvalue weighted by Gasteiger charge is -1.97. The lowest BCUT2D eigenvalue weighted by molar-refractivity contribution is -0.678. The van der Waals surface area contributed by atoms with Crippen LogP contribution in [0.15, 0.2) is 12.4 Å². The standard InChI is InChI=1S/C8H14N2.C2H4O2/c1-7(2)6-8-9-4-5-10(8)3;1-2(3)4/h4-5,7H,6H2,1-3H3;1H3,(H,3,4). The number of hydrogen-bond acceptors (Lipinski definition) is 2. The van der Waals surface area contributed by atoms with Crippen LogP contribution in [0.4, 0.5) is 0 Å². The van der Waals surface area contributed by atoms with Crippen LogP contribution in [-0.2, 0) is 18.3 Å². The molecule has 1 aromatic heterocycles. The van der Waals surface area contributed by atoms with Gasteiger partial charge in [0.2, 0.25) is 0 Å². The molecular formula is C10H18N2O2. The minimum absolute atomic E-state index is 0.727. The highest BCUT2D eigenvalue weighted by Crippen LogP contribution is 1.99. The smallest absolute Gasteiger partial charge is 0.254 e. The molecule has 1 N–H and O–H groups in total. The van der Waals surface area contributed by atoms with Crippen molar-refractivity contribution in [1.29, 1.82) is 0 Å². The van der Waals surface area contributed by atoms with Crippen molar-refractivity contribution >= 4 is 5.97 Å². The predicted molar refractivity (Wildman–Crippen MR) is 51.2 cm³/mol. The summed E-state index contributed by atoms with van der Waals surface area (Å²) in [6, 6.07) is 0. The zero-order valence-corrected chi connectivity index (χ0v) is 9.20. The van der Waals surface area contributed by atoms with Crippen LogP contribution in [-0.4, -0.2) is 11.0 Å². The number of imidazole rings is 1. The maximum absolute atomic E-state index is 8.89. The van der Waals surface area contributed by atoms with Gasteiger partial charge in [-0.1, -0.05) is 13.8 Å². The zero-order valence-electron chi connectivity index (χ0n) is 9.20. The number of hydrogen-bond donors (Lipinski definition) is 1. The molecule has 0 aromatic carbocycles. The summed E-state index contributed by atoms with van der Waals surface area (Å²) >= 11 is 0. The molecule has 0 unspecified atom stereocenters. The Balaban J connectivity index is 0.000000364. The Kier molecular flexibility index (Phi) is 5.60. The number of carboxylic acid groups (broad SMARTS) is 1. The lowest BCUT2D eigenvalue weighted by atomic mass is 10.1. The Morgan fingerprint density at radius 2 is 2.14 bits per heavy atom. The van der Waals surface area contributed by atoms with E-state index >= 15 is 0 Å². The molecule has 0 fully saturated rings. The first-order chi connectivity index (χ1) is 6.43. The van der Waals surface area contributed by atoms with E-state index in [0.29, 0.717) is 0 Å². The average molecular weight is 198 g/mol. The van der Waals surface area contributed by atoms with Crippen LogP contribution in [0.5, 0.6) is 0 Å². The second kappa shape index (κ2) is 6.18. The first-order valence-corrected chi connectivity index (χ1v) is 4.63. The normalized spacial score (nSPS) is 9.50. The molecule has 0 spiro atoms. The molecule has 1 heterocycles. The first kappa shape index (κ1) is 12.7. The molecule has 1 rings (SSSR count). The molecule has 14 heavy (non-hydrogen) atoms. The van der Waals surface area contributed by atoms with Crippen molar-refractivity contribution in [2.45, 2.75) is 27.2 Å². The molecule has 0 saturated carbocycles. The van der Waals surface area contributed by atoms with Gasteiger partial charge < -0.3 is 9.90 Å². The molecule has 0 atom stereocenters. The van der Waals surface area contributed by atoms with Crippen molar-refractivity contribution in [3.05, 3.63) is 18.2 Å². The topological polar surface area (TPSA) is 59.8 Å². The number of aryl methyl sites for hydroxylation is 1. The van der Waals surface area contributed by atoms with Gasteiger partial charge in [-0.05, 0) is 12.8 Å². The average Bonchev–Trinajstić information content (AvgIpc) is 2.34. The number of aliphatic carboxylic acids is 1. The molecule has 80 valence electrons. The molecule has 4 nitrogen and oxygen atoms in total. The fraction of sp³-hybridized carbons (Fsp3) is 0.600. The largest absolute Gasteiger partial charge is 0.550 e. The van der Waals surface area contributed by atoms with Gasteiger partial charge in [-0.3, -0.25) is 0 Å². The highest BCUT2D eigenvalue weighted by Gasteiger charge is 2.07. The van der Waals surface area contributed by atoms with Crippen molar-refractivity contribution in [2.24, 2.45) is 13.0 Å². The van der Waals surface area contributed by atoms with Crippen LogP contribution in [0, 0.1) is 5.92 Å². The SMILES string of the molecule is CC(=O)[O-].CC(C)Cc1[nH]cc[n+]1C. The summed E-state index contributed by atoms with van der Waals surface area (Å²) in [6.45, 7) is 5.42. The van der Waals surface area contributed by atoms with Gasteiger partial charge >= 0.3 is 0 Å². The van der Waals surface area contributed by atoms with Crippen molar-refractivity contribution in [3.8, 4) is 0 Å². The van der Waals surface area contributed by atoms with Crippen LogP contribution in [0.1, 0.15) is 26.6 Å². The van der Waals surface area contributed by atoms with E-state index in [0.717, 1.165) is 19.3 Å². The zero-order chi connectivity index (χ0) is 11.1. The summed E-state index contributed by atoms with van der Waals surface area (Å²) in [5.74, 6) is 0.944. The number of carboxylic acids is 1. The Morgan fingerprint density at radius 3 is 2.43 bits per heavy atom. The number of H-pyrrole nitrogens is 1. The van der Waals surface area contributed by atoms with Gasteiger partial charge in [0.1, 0.15) is 12.4 Å². The number of nitrogens with zero attached hydrogens (tertiary/aromatic N) is 1. The van der Waals surface area contributed by atoms with Gasteiger partial charge in [0.25, 0.3) is 5.82 Å². The number of aromatic amines is 1. The maximum Gasteiger partial charge on any atom is 0.254 e. The Hall–Kier alpha value is -1.32. The Labute approximate surface area is 84.6 Å². The summed E-state index contributed by atoms with van der Waals surface area (Å²) in [5.41, 5.74) is 0. The summed E-state index contributed by atoms with van der Waals surface area (Å²) < 4.78 is 2.12. The summed E-state index contributed by atoms with van der Waals surface area (Å²) in [4.78, 5) is 12.1. The van der Waals surface area contributed by atoms with E-state index in [1.807, 2.05) is 12.4 Å². The fourth-order valence-electron chi connectivity index (χ4n) is 1.03. The van der Waals surface area contributed by atoms with Gasteiger partial charge in [0, 0.05) is 5.97 Å². The molecule has 0 aliphatic carbocycles. The van der Waals surface area contributed by atoms with E-state index < -0.39 is 5.97 Å². The van der Waals surface area contributed by atoms with E-state index in [9.17, 15) is 0 Å². The molecule has 0 amide bonds. The number of rotatable bonds is 2. The Bertz CT molecular complexity index is 275. The highest BCUT2D eigenvalue weighted by molar-refractivity contribution is 5.60. The third-order valence-electron chi connectivity index (χ3n) is 1.58. The van der Waals surface area contributed by atoms with Crippen LogP contribution in [0.25, 0.3) is 0 Å². The molecular weight excluding hydrogens is 180 g/mol. The van der Waals surface area contributed by atoms with Crippen molar-refractivity contribution < 1.29 is 14.5 Å². The van der Waals surface area contributed by atoms with Crippen molar-refractivity contribution in [1.82, 2.24) is 4.98 Å². The second-order valence-electron chi connectivity index (χ2n) is 3.61. The summed E-state index contributed by atoms with van der Waals surface area (Å²) in [6.07, 6.45) is 5.14. The maximum atomic E-state index is 8.89. The number of carbonyl (C=O) groups excluding carboxylic acids is 1. The monoisotopic (exact) mass is 198 g/mol. The number of aromatic nitrogens is 2. The predicted octanol–water partition coefficient (Wildman–Crippen LogP) is -0.206. The molecule has 0 radical (unpaired) electrons. The third kappa shape index (κ3) is 6.22.